The fraction of sp³-hybridized carbons (Fsp3) is 0.619. The summed E-state index contributed by atoms with van der Waals surface area (Å²) in [5.74, 6) is 0.0993. The SMILES string of the molecule is CN=C(NCCCOCC1CCOCC1)NCC(Cc1ccc(F)cc1)C(N)=O. The third-order valence-corrected chi connectivity index (χ3v) is 4.99. The van der Waals surface area contributed by atoms with Gasteiger partial charge in [0.2, 0.25) is 5.91 Å². The molecule has 1 atom stereocenters. The fourth-order valence-electron chi connectivity index (χ4n) is 3.16. The summed E-state index contributed by atoms with van der Waals surface area (Å²) in [4.78, 5) is 15.9. The van der Waals surface area contributed by atoms with Crippen molar-refractivity contribution in [2.24, 2.45) is 22.6 Å². The third-order valence-electron chi connectivity index (χ3n) is 4.99. The average molecular weight is 409 g/mol. The molecule has 1 heterocycles. The van der Waals surface area contributed by atoms with Crippen LogP contribution in [0.5, 0.6) is 0 Å². The van der Waals surface area contributed by atoms with Crippen LogP contribution in [-0.4, -0.2) is 58.4 Å². The molecule has 162 valence electrons. The van der Waals surface area contributed by atoms with Gasteiger partial charge in [-0.2, -0.15) is 0 Å². The molecule has 1 amide bonds. The Kier molecular flexibility index (Phi) is 10.4. The van der Waals surface area contributed by atoms with Crippen molar-refractivity contribution in [2.45, 2.75) is 25.7 Å². The van der Waals surface area contributed by atoms with E-state index < -0.39 is 11.8 Å². The van der Waals surface area contributed by atoms with Crippen molar-refractivity contribution < 1.29 is 18.7 Å². The zero-order valence-corrected chi connectivity index (χ0v) is 17.2. The van der Waals surface area contributed by atoms with Gasteiger partial charge in [-0.1, -0.05) is 12.1 Å². The average Bonchev–Trinajstić information content (AvgIpc) is 2.73. The quantitative estimate of drug-likeness (QED) is 0.293. The van der Waals surface area contributed by atoms with Crippen molar-refractivity contribution in [3.05, 3.63) is 35.6 Å². The first-order valence-corrected chi connectivity index (χ1v) is 10.2. The predicted molar refractivity (Wildman–Crippen MR) is 111 cm³/mol. The summed E-state index contributed by atoms with van der Waals surface area (Å²) >= 11 is 0. The Morgan fingerprint density at radius 2 is 2.03 bits per heavy atom. The number of nitrogens with two attached hydrogens (primary N) is 1. The van der Waals surface area contributed by atoms with E-state index in [4.69, 9.17) is 15.2 Å². The van der Waals surface area contributed by atoms with Crippen molar-refractivity contribution in [3.8, 4) is 0 Å². The number of primary amides is 1. The molecule has 0 spiro atoms. The molecular weight excluding hydrogens is 375 g/mol. The van der Waals surface area contributed by atoms with Gasteiger partial charge in [-0.15, -0.1) is 0 Å². The summed E-state index contributed by atoms with van der Waals surface area (Å²) in [7, 11) is 1.68. The van der Waals surface area contributed by atoms with E-state index in [9.17, 15) is 9.18 Å². The number of nitrogens with one attached hydrogen (secondary N) is 2. The zero-order chi connectivity index (χ0) is 20.9. The largest absolute Gasteiger partial charge is 0.381 e. The number of amides is 1. The normalized spacial score (nSPS) is 16.4. The number of aliphatic imine (C=N–C) groups is 1. The second-order valence-electron chi connectivity index (χ2n) is 7.29. The molecule has 1 aliphatic heterocycles. The number of ether oxygens (including phenoxy) is 2. The van der Waals surface area contributed by atoms with Gasteiger partial charge in [0.25, 0.3) is 0 Å². The van der Waals surface area contributed by atoms with E-state index in [1.165, 1.54) is 12.1 Å². The fourth-order valence-corrected chi connectivity index (χ4v) is 3.16. The maximum atomic E-state index is 13.0. The van der Waals surface area contributed by atoms with E-state index in [1.54, 1.807) is 19.2 Å². The molecular formula is C21H33FN4O3. The third kappa shape index (κ3) is 9.23. The van der Waals surface area contributed by atoms with Crippen LogP contribution in [0.2, 0.25) is 0 Å². The Morgan fingerprint density at radius 3 is 2.69 bits per heavy atom. The Balaban J connectivity index is 1.63. The van der Waals surface area contributed by atoms with E-state index in [0.29, 0.717) is 38.0 Å². The molecule has 1 saturated heterocycles. The van der Waals surface area contributed by atoms with Crippen LogP contribution in [0.1, 0.15) is 24.8 Å². The second-order valence-corrected chi connectivity index (χ2v) is 7.29. The van der Waals surface area contributed by atoms with Gasteiger partial charge in [-0.05, 0) is 49.3 Å². The van der Waals surface area contributed by atoms with Gasteiger partial charge in [0.15, 0.2) is 5.96 Å². The summed E-state index contributed by atoms with van der Waals surface area (Å²) in [5.41, 5.74) is 6.38. The number of hydrogen-bond donors (Lipinski definition) is 3. The molecule has 1 aromatic carbocycles. The summed E-state index contributed by atoms with van der Waals surface area (Å²) in [6, 6.07) is 6.09. The van der Waals surface area contributed by atoms with Crippen LogP contribution < -0.4 is 16.4 Å². The zero-order valence-electron chi connectivity index (χ0n) is 17.2. The van der Waals surface area contributed by atoms with Crippen LogP contribution in [0.4, 0.5) is 4.39 Å². The standard InChI is InChI=1S/C21H33FN4O3/c1-24-21(25-9-2-10-29-15-17-7-11-28-12-8-17)26-14-18(20(23)27)13-16-3-5-19(22)6-4-16/h3-6,17-18H,2,7-15H2,1H3,(H2,23,27)(H2,24,25,26). The lowest BCUT2D eigenvalue weighted by Gasteiger charge is -2.21. The number of guanidine groups is 1. The van der Waals surface area contributed by atoms with Crippen molar-refractivity contribution in [1.82, 2.24) is 10.6 Å². The first-order valence-electron chi connectivity index (χ1n) is 10.2. The van der Waals surface area contributed by atoms with Crippen molar-refractivity contribution in [3.63, 3.8) is 0 Å². The first-order chi connectivity index (χ1) is 14.1. The highest BCUT2D eigenvalue weighted by Gasteiger charge is 2.17. The molecule has 7 nitrogen and oxygen atoms in total. The summed E-state index contributed by atoms with van der Waals surface area (Å²) in [6.45, 7) is 4.23. The van der Waals surface area contributed by atoms with Crippen LogP contribution in [0.3, 0.4) is 0 Å². The highest BCUT2D eigenvalue weighted by Crippen LogP contribution is 2.14. The molecule has 1 aromatic rings. The van der Waals surface area contributed by atoms with Gasteiger partial charge in [0.1, 0.15) is 5.82 Å². The Labute approximate surface area is 172 Å². The van der Waals surface area contributed by atoms with E-state index in [-0.39, 0.29) is 5.82 Å². The van der Waals surface area contributed by atoms with Crippen LogP contribution in [0, 0.1) is 17.7 Å². The van der Waals surface area contributed by atoms with Gasteiger partial charge < -0.3 is 25.8 Å². The molecule has 2 rings (SSSR count). The summed E-state index contributed by atoms with van der Waals surface area (Å²) in [6.07, 6.45) is 3.46. The number of carbonyl (C=O) groups is 1. The van der Waals surface area contributed by atoms with Crippen LogP contribution in [0.15, 0.2) is 29.3 Å². The monoisotopic (exact) mass is 408 g/mol. The van der Waals surface area contributed by atoms with E-state index >= 15 is 0 Å². The molecule has 1 unspecified atom stereocenters. The van der Waals surface area contributed by atoms with E-state index in [2.05, 4.69) is 15.6 Å². The molecule has 1 aliphatic rings. The van der Waals surface area contributed by atoms with E-state index in [0.717, 1.165) is 44.6 Å². The number of benzene rings is 1. The number of hydrogen-bond acceptors (Lipinski definition) is 4. The molecule has 0 bridgehead atoms. The Bertz CT molecular complexity index is 633. The molecule has 0 radical (unpaired) electrons. The maximum absolute atomic E-state index is 13.0. The number of carbonyl (C=O) groups excluding carboxylic acids is 1. The number of rotatable bonds is 11. The molecule has 0 aromatic heterocycles. The minimum absolute atomic E-state index is 0.302. The minimum atomic E-state index is -0.415. The first kappa shape index (κ1) is 23.1. The van der Waals surface area contributed by atoms with Gasteiger partial charge in [-0.25, -0.2) is 4.39 Å². The molecule has 1 fully saturated rings. The lowest BCUT2D eigenvalue weighted by atomic mass is 9.98. The van der Waals surface area contributed by atoms with E-state index in [1.807, 2.05) is 0 Å². The van der Waals surface area contributed by atoms with Gasteiger partial charge >= 0.3 is 0 Å². The van der Waals surface area contributed by atoms with Crippen LogP contribution in [0.25, 0.3) is 0 Å². The second kappa shape index (κ2) is 13.1. The van der Waals surface area contributed by atoms with Crippen molar-refractivity contribution >= 4 is 11.9 Å². The van der Waals surface area contributed by atoms with Gasteiger partial charge in [0, 0.05) is 46.6 Å². The lowest BCUT2D eigenvalue weighted by molar-refractivity contribution is -0.121. The highest BCUT2D eigenvalue weighted by molar-refractivity contribution is 5.81. The Hall–Kier alpha value is -2.19. The molecule has 4 N–H and O–H groups in total. The van der Waals surface area contributed by atoms with Crippen molar-refractivity contribution in [2.75, 3.05) is 46.6 Å². The lowest BCUT2D eigenvalue weighted by Crippen LogP contribution is -2.43. The predicted octanol–water partition coefficient (Wildman–Crippen LogP) is 1.47. The summed E-state index contributed by atoms with van der Waals surface area (Å²) in [5, 5.41) is 6.35. The van der Waals surface area contributed by atoms with Gasteiger partial charge in [0.05, 0.1) is 5.92 Å². The van der Waals surface area contributed by atoms with Gasteiger partial charge in [-0.3, -0.25) is 9.79 Å². The maximum Gasteiger partial charge on any atom is 0.222 e. The Morgan fingerprint density at radius 1 is 1.31 bits per heavy atom. The number of nitrogens with zero attached hydrogens (tertiary/aromatic N) is 1. The van der Waals surface area contributed by atoms with Crippen LogP contribution >= 0.6 is 0 Å². The summed E-state index contributed by atoms with van der Waals surface area (Å²) < 4.78 is 24.1. The minimum Gasteiger partial charge on any atom is -0.381 e. The molecule has 8 heteroatoms. The number of halogens is 1. The topological polar surface area (TPSA) is 98.0 Å². The molecule has 0 aliphatic carbocycles. The van der Waals surface area contributed by atoms with Crippen molar-refractivity contribution in [1.29, 1.82) is 0 Å². The molecule has 29 heavy (non-hydrogen) atoms. The molecule has 0 saturated carbocycles. The highest BCUT2D eigenvalue weighted by atomic mass is 19.1. The van der Waals surface area contributed by atoms with Crippen LogP contribution in [-0.2, 0) is 20.7 Å². The smallest absolute Gasteiger partial charge is 0.222 e.